The number of nitrogens with zero attached hydrogens (tertiary/aromatic N) is 2. The number of hydrogen-bond donors (Lipinski definition) is 2. The number of carbonyl (C=O) groups is 2. The van der Waals surface area contributed by atoms with Crippen molar-refractivity contribution in [1.29, 1.82) is 0 Å². The molecule has 2 aromatic rings. The molecule has 0 unspecified atom stereocenters. The zero-order valence-electron chi connectivity index (χ0n) is 38.6. The first-order chi connectivity index (χ1) is 29.3. The van der Waals surface area contributed by atoms with Gasteiger partial charge in [0.25, 0.3) is 5.91 Å². The van der Waals surface area contributed by atoms with Crippen molar-refractivity contribution in [3.63, 3.8) is 0 Å². The van der Waals surface area contributed by atoms with E-state index in [1.807, 2.05) is 32.9 Å². The number of allylic oxidation sites excluding steroid dienone is 8. The molecule has 0 radical (unpaired) electrons. The normalized spacial score (nSPS) is 16.5. The molecule has 0 atom stereocenters. The molecule has 346 valence electrons. The molecule has 2 aromatic carbocycles. The van der Waals surface area contributed by atoms with Crippen molar-refractivity contribution in [3.05, 3.63) is 101 Å². The molecule has 2 aliphatic heterocycles. The number of aliphatic carboxylic acids is 1. The Labute approximate surface area is 429 Å². The summed E-state index contributed by atoms with van der Waals surface area (Å²) in [4.78, 5) is 25.0. The van der Waals surface area contributed by atoms with Crippen LogP contribution in [0.3, 0.4) is 0 Å². The smallest absolute Gasteiger partial charge is 0.748 e. The van der Waals surface area contributed by atoms with E-state index < -0.39 is 63.6 Å². The Morgan fingerprint density at radius 3 is 1.95 bits per heavy atom. The van der Waals surface area contributed by atoms with Crippen LogP contribution in [0.15, 0.2) is 89.0 Å². The summed E-state index contributed by atoms with van der Waals surface area (Å²) in [6.07, 6.45) is 19.7. The first-order valence-electron chi connectivity index (χ1n) is 21.1. The van der Waals surface area contributed by atoms with Crippen molar-refractivity contribution in [1.82, 2.24) is 5.32 Å². The van der Waals surface area contributed by atoms with Crippen LogP contribution in [0.1, 0.15) is 120 Å². The maximum atomic E-state index is 13.2. The summed E-state index contributed by atoms with van der Waals surface area (Å²) in [5.74, 6) is -2.31. The van der Waals surface area contributed by atoms with E-state index >= 15 is 0 Å². The molecule has 2 heterocycles. The fraction of sp³-hybridized carbons (Fsp3) is 0.489. The molecule has 4 rings (SSSR count). The third-order valence-electron chi connectivity index (χ3n) is 11.5. The van der Waals surface area contributed by atoms with Crippen LogP contribution in [-0.2, 0) is 46.0 Å². The topological polar surface area (TPSA) is 244 Å². The van der Waals surface area contributed by atoms with Crippen LogP contribution in [0.25, 0.3) is 0 Å². The fourth-order valence-corrected chi connectivity index (χ4v) is 9.40. The Hall–Kier alpha value is -2.46. The number of rotatable bonds is 24. The zero-order valence-corrected chi connectivity index (χ0v) is 45.0. The number of hydrogen-bond acceptors (Lipinski definition) is 12. The molecule has 0 bridgehead atoms. The van der Waals surface area contributed by atoms with E-state index in [1.54, 1.807) is 65.8 Å². The fourth-order valence-electron chi connectivity index (χ4n) is 8.10. The second-order valence-electron chi connectivity index (χ2n) is 17.1. The van der Waals surface area contributed by atoms with Crippen molar-refractivity contribution in [2.45, 2.75) is 115 Å². The van der Waals surface area contributed by atoms with Gasteiger partial charge in [0.15, 0.2) is 12.3 Å². The van der Waals surface area contributed by atoms with Gasteiger partial charge in [-0.15, -0.1) is 0 Å². The number of carboxylic acid groups (broad SMARTS) is 1. The number of fused-ring (bicyclic) bond motifs is 2. The summed E-state index contributed by atoms with van der Waals surface area (Å²) < 4.78 is 107. The van der Waals surface area contributed by atoms with Gasteiger partial charge in [-0.25, -0.2) is 25.3 Å². The van der Waals surface area contributed by atoms with Crippen molar-refractivity contribution in [2.24, 2.45) is 0 Å². The monoisotopic (exact) mass is 975 g/mol. The first kappa shape index (κ1) is 58.7. The first-order valence-corrected chi connectivity index (χ1v) is 25.7. The van der Waals surface area contributed by atoms with Crippen molar-refractivity contribution in [2.75, 3.05) is 36.0 Å². The van der Waals surface area contributed by atoms with E-state index in [4.69, 9.17) is 5.11 Å². The second kappa shape index (κ2) is 25.2. The molecule has 65 heavy (non-hydrogen) atoms. The molecule has 15 nitrogen and oxygen atoms in total. The Morgan fingerprint density at radius 2 is 1.37 bits per heavy atom. The summed E-state index contributed by atoms with van der Waals surface area (Å²) in [6.45, 7) is 9.57. The van der Waals surface area contributed by atoms with E-state index in [9.17, 15) is 48.5 Å². The maximum absolute atomic E-state index is 13.2. The molecule has 1 amide bonds. The quantitative estimate of drug-likeness (QED) is 0.0480. The van der Waals surface area contributed by atoms with Crippen LogP contribution < -0.4 is 69.3 Å². The van der Waals surface area contributed by atoms with E-state index in [-0.39, 0.29) is 84.5 Å². The van der Waals surface area contributed by atoms with Crippen molar-refractivity contribution < 1.29 is 117 Å². The van der Waals surface area contributed by atoms with Gasteiger partial charge in [-0.2, -0.15) is 4.58 Å². The van der Waals surface area contributed by atoms with Gasteiger partial charge in [-0.3, -0.25) is 9.59 Å². The van der Waals surface area contributed by atoms with Crippen LogP contribution in [-0.4, -0.2) is 97.3 Å². The van der Waals surface area contributed by atoms with Crippen LogP contribution in [0.2, 0.25) is 0 Å². The number of benzene rings is 2. The van der Waals surface area contributed by atoms with Crippen LogP contribution in [0.5, 0.6) is 0 Å². The third-order valence-corrected chi connectivity index (χ3v) is 13.7. The van der Waals surface area contributed by atoms with Gasteiger partial charge in [0.1, 0.15) is 20.2 Å². The van der Waals surface area contributed by atoms with Crippen molar-refractivity contribution in [3.8, 4) is 0 Å². The van der Waals surface area contributed by atoms with Gasteiger partial charge in [0.05, 0.1) is 31.9 Å². The van der Waals surface area contributed by atoms with Gasteiger partial charge in [-0.05, 0) is 75.6 Å². The standard InChI is InChI=1S/C45H61N3O12S3.2Na/c1-33(18-16-20-41-45(4,5)37-32-35(63(58,59)60)23-25-39(37)48(41)28-30-62(55,56)57)17-15-19-40-44(2,3)36-31-34(22-24-38(36)47(40)27-29-61(52,53)54)43(51)46-26-14-12-10-8-6-7-9-11-13-21-42(49)50;;/h15-20,22-25,31-32H,6-14,21,26-30H2,1-5H3,(H4-,46,49,50,51,52,53,54,55,56,57,58,59,60);;/q;2*+1/p-2. The number of amides is 1. The minimum Gasteiger partial charge on any atom is -0.748 e. The molecule has 0 saturated carbocycles. The summed E-state index contributed by atoms with van der Waals surface area (Å²) in [5.41, 5.74) is 3.39. The number of nitrogens with one attached hydrogen (secondary N) is 1. The molecule has 0 fully saturated rings. The summed E-state index contributed by atoms with van der Waals surface area (Å²) in [7, 11) is -13.9. The van der Waals surface area contributed by atoms with Gasteiger partial charge in [0.2, 0.25) is 5.69 Å². The molecule has 2 aliphatic rings. The predicted molar refractivity (Wildman–Crippen MR) is 239 cm³/mol. The SMILES string of the molecule is CC(/C=C/C=C1/N(CCS(=O)(=O)[O-])c2ccc(S(=O)(=O)[O-])cc2C1(C)C)=C\C=C\C1=[N+](CCS(=O)(=O)[O-])c2ccc(C(=O)NCCCCCCCCCCCC(=O)O)cc2C1(C)C.[Na+].[Na+]. The number of carboxylic acids is 1. The largest absolute Gasteiger partial charge is 1.00 e. The number of anilines is 1. The molecule has 0 saturated heterocycles. The van der Waals surface area contributed by atoms with E-state index in [0.29, 0.717) is 46.9 Å². The maximum Gasteiger partial charge on any atom is 1.00 e. The molecular formula is C45H59N3Na2O12S3. The Balaban J connectivity index is 0.00000726. The second-order valence-corrected chi connectivity index (χ2v) is 21.5. The third kappa shape index (κ3) is 17.2. The minimum absolute atomic E-state index is 0. The van der Waals surface area contributed by atoms with Gasteiger partial charge in [0, 0.05) is 59.6 Å². The van der Waals surface area contributed by atoms with Gasteiger partial charge in [-0.1, -0.05) is 88.7 Å². The Morgan fingerprint density at radius 1 is 0.769 bits per heavy atom. The predicted octanol–water partition coefficient (Wildman–Crippen LogP) is 0.521. The molecule has 0 aliphatic carbocycles. The molecule has 0 aromatic heterocycles. The number of unbranched alkanes of at least 4 members (excludes halogenated alkanes) is 8. The van der Waals surface area contributed by atoms with Crippen LogP contribution in [0.4, 0.5) is 11.4 Å². The summed E-state index contributed by atoms with van der Waals surface area (Å²) in [5, 5.41) is 11.7. The average molecular weight is 976 g/mol. The Kier molecular flexibility index (Phi) is 22.8. The zero-order chi connectivity index (χ0) is 46.8. The van der Waals surface area contributed by atoms with Crippen LogP contribution in [0, 0.1) is 0 Å². The van der Waals surface area contributed by atoms with E-state index in [0.717, 1.165) is 68.6 Å². The number of carbonyl (C=O) groups excluding carboxylic acids is 1. The van der Waals surface area contributed by atoms with Gasteiger partial charge < -0.3 is 29.0 Å². The van der Waals surface area contributed by atoms with E-state index in [1.165, 1.54) is 12.1 Å². The summed E-state index contributed by atoms with van der Waals surface area (Å²) in [6, 6.07) is 9.10. The average Bonchev–Trinajstić information content (AvgIpc) is 3.52. The van der Waals surface area contributed by atoms with Gasteiger partial charge >= 0.3 is 65.1 Å². The summed E-state index contributed by atoms with van der Waals surface area (Å²) >= 11 is 0. The van der Waals surface area contributed by atoms with Crippen LogP contribution >= 0.6 is 0 Å². The molecule has 20 heteroatoms. The minimum atomic E-state index is -4.77. The van der Waals surface area contributed by atoms with E-state index in [2.05, 4.69) is 5.32 Å². The van der Waals surface area contributed by atoms with Crippen molar-refractivity contribution >= 4 is 59.3 Å². The Bertz CT molecular complexity index is 2530. The molecule has 0 spiro atoms. The molecular weight excluding hydrogens is 917 g/mol. The molecule has 2 N–H and O–H groups in total.